The summed E-state index contributed by atoms with van der Waals surface area (Å²) < 4.78 is 0. The Morgan fingerprint density at radius 2 is 1.04 bits per heavy atom. The zero-order valence-electron chi connectivity index (χ0n) is 30.9. The molecule has 1 fully saturated rings. The Morgan fingerprint density at radius 3 is 1.67 bits per heavy atom. The zero-order valence-corrected chi connectivity index (χ0v) is 30.9. The van der Waals surface area contributed by atoms with Crippen molar-refractivity contribution >= 4 is 5.57 Å². The van der Waals surface area contributed by atoms with Crippen molar-refractivity contribution < 1.29 is 0 Å². The fraction of sp³-hybridized carbons (Fsp3) is 0.176. The lowest BCUT2D eigenvalue weighted by Crippen LogP contribution is -2.40. The molecule has 0 bridgehead atoms. The molecule has 55 heavy (non-hydrogen) atoms. The Balaban J connectivity index is 1.05. The summed E-state index contributed by atoms with van der Waals surface area (Å²) in [4.78, 5) is 20.4. The number of benzene rings is 4. The summed E-state index contributed by atoms with van der Waals surface area (Å²) in [6.45, 7) is 2.45. The van der Waals surface area contributed by atoms with Crippen molar-refractivity contribution in [1.29, 1.82) is 0 Å². The van der Waals surface area contributed by atoms with E-state index in [1.54, 1.807) is 5.56 Å². The van der Waals surface area contributed by atoms with Crippen LogP contribution in [-0.2, 0) is 10.8 Å². The quantitative estimate of drug-likeness (QED) is 0.173. The second kappa shape index (κ2) is 13.4. The summed E-state index contributed by atoms with van der Waals surface area (Å²) in [5.41, 5.74) is 12.3. The Bertz CT molecular complexity index is 2510. The van der Waals surface area contributed by atoms with Gasteiger partial charge >= 0.3 is 0 Å². The van der Waals surface area contributed by atoms with Gasteiger partial charge in [0.05, 0.1) is 33.9 Å². The summed E-state index contributed by atoms with van der Waals surface area (Å²) >= 11 is 0. The van der Waals surface area contributed by atoms with E-state index in [4.69, 9.17) is 19.9 Å². The van der Waals surface area contributed by atoms with Gasteiger partial charge in [0.1, 0.15) is 0 Å². The molecule has 264 valence electrons. The van der Waals surface area contributed by atoms with Crippen molar-refractivity contribution in [3.05, 3.63) is 187 Å². The Morgan fingerprint density at radius 1 is 0.509 bits per heavy atom. The maximum Gasteiger partial charge on any atom is 0.168 e. The number of aromatic nitrogens is 4. The van der Waals surface area contributed by atoms with Gasteiger partial charge in [0.2, 0.25) is 0 Å². The maximum atomic E-state index is 5.23. The van der Waals surface area contributed by atoms with Crippen LogP contribution in [0.1, 0.15) is 55.8 Å². The first-order chi connectivity index (χ1) is 27.1. The first kappa shape index (κ1) is 33.2. The number of nitrogens with zero attached hydrogens (tertiary/aromatic N) is 4. The molecule has 7 aromatic rings. The van der Waals surface area contributed by atoms with Crippen LogP contribution in [0, 0.1) is 18.1 Å². The maximum absolute atomic E-state index is 5.23. The molecule has 4 nitrogen and oxygen atoms in total. The van der Waals surface area contributed by atoms with Crippen LogP contribution in [0.25, 0.3) is 62.1 Å². The largest absolute Gasteiger partial charge is 0.228 e. The van der Waals surface area contributed by atoms with Gasteiger partial charge < -0.3 is 0 Å². The smallest absolute Gasteiger partial charge is 0.168 e. The highest BCUT2D eigenvalue weighted by molar-refractivity contribution is 5.80. The first-order valence-corrected chi connectivity index (χ1v) is 19.5. The van der Waals surface area contributed by atoms with E-state index in [9.17, 15) is 0 Å². The van der Waals surface area contributed by atoms with Gasteiger partial charge in [0, 0.05) is 27.5 Å². The third kappa shape index (κ3) is 5.79. The molecule has 1 unspecified atom stereocenters. The number of hydrogen-bond acceptors (Lipinski definition) is 4. The van der Waals surface area contributed by atoms with Gasteiger partial charge in [0.25, 0.3) is 0 Å². The number of fused-ring (bicyclic) bond motifs is 5. The highest BCUT2D eigenvalue weighted by Gasteiger charge is 2.56. The van der Waals surface area contributed by atoms with E-state index in [1.807, 2.05) is 60.7 Å². The van der Waals surface area contributed by atoms with Gasteiger partial charge in [0.15, 0.2) is 11.6 Å². The highest BCUT2D eigenvalue weighted by Crippen LogP contribution is 2.62. The van der Waals surface area contributed by atoms with Crippen LogP contribution in [-0.4, -0.2) is 19.9 Å². The van der Waals surface area contributed by atoms with E-state index in [2.05, 4.69) is 116 Å². The van der Waals surface area contributed by atoms with Crippen LogP contribution in [0.5, 0.6) is 0 Å². The van der Waals surface area contributed by atoms with Crippen LogP contribution in [0.15, 0.2) is 158 Å². The van der Waals surface area contributed by atoms with Gasteiger partial charge in [-0.25, -0.2) is 19.9 Å². The summed E-state index contributed by atoms with van der Waals surface area (Å²) in [5.74, 6) is 1.72. The van der Waals surface area contributed by atoms with E-state index < -0.39 is 0 Å². The summed E-state index contributed by atoms with van der Waals surface area (Å²) in [6, 6.07) is 55.1. The fourth-order valence-electron chi connectivity index (χ4n) is 9.54. The molecule has 0 saturated heterocycles. The Hall–Kier alpha value is -6.44. The van der Waals surface area contributed by atoms with Crippen LogP contribution >= 0.6 is 0 Å². The summed E-state index contributed by atoms with van der Waals surface area (Å²) in [7, 11) is 0. The molecule has 3 aliphatic rings. The van der Waals surface area contributed by atoms with Crippen molar-refractivity contribution in [2.24, 2.45) is 5.92 Å². The molecule has 1 saturated carbocycles. The van der Waals surface area contributed by atoms with Gasteiger partial charge in [-0.05, 0) is 59.7 Å². The first-order valence-electron chi connectivity index (χ1n) is 19.5. The lowest BCUT2D eigenvalue weighted by atomic mass is 9.59. The predicted molar refractivity (Wildman–Crippen MR) is 222 cm³/mol. The average molecular weight is 709 g/mol. The number of rotatable bonds is 6. The standard InChI is InChI=1S/C51H40N4/c1-50-34-40(28-29-47(50)51(30-14-5-15-31-51)42-23-13-12-22-41(42)50)46-33-45(54-48(55-46)38-20-10-4-11-21-38)37-24-26-39(27-25-37)49-52-43(35-16-6-2-7-17-35)32-44(53-49)36-18-8-3-9-19-36/h2-4,6-13,16-24,26,28-29,32-34,47H,5,14-15,30-31H2,1H3/t47-,50?/m0/s1. The molecule has 4 heteroatoms. The summed E-state index contributed by atoms with van der Waals surface area (Å²) in [5, 5.41) is 0. The predicted octanol–water partition coefficient (Wildman–Crippen LogP) is 11.9. The third-order valence-corrected chi connectivity index (χ3v) is 12.1. The SMILES string of the molecule is CC12C=C(c3cc(-c4c#cc(-c5nc(-c6ccccc6)cc(-c6ccccc6)n5)cc4)nc(-c4ccccc4)n3)C=C[C@@H]1C1(CCCCC1)c1ccccc12. The lowest BCUT2D eigenvalue weighted by molar-refractivity contribution is 0.205. The molecule has 0 aliphatic heterocycles. The van der Waals surface area contributed by atoms with Crippen LogP contribution in [0.3, 0.4) is 0 Å². The Labute approximate surface area is 323 Å². The fourth-order valence-corrected chi connectivity index (χ4v) is 9.54. The second-order valence-corrected chi connectivity index (χ2v) is 15.4. The topological polar surface area (TPSA) is 51.6 Å². The van der Waals surface area contributed by atoms with Crippen LogP contribution in [0.4, 0.5) is 0 Å². The molecule has 0 amide bonds. The van der Waals surface area contributed by atoms with Crippen molar-refractivity contribution in [1.82, 2.24) is 19.9 Å². The Kier molecular flexibility index (Phi) is 8.11. The summed E-state index contributed by atoms with van der Waals surface area (Å²) in [6.07, 6.45) is 13.8. The molecule has 2 atom stereocenters. The molecule has 0 radical (unpaired) electrons. The minimum Gasteiger partial charge on any atom is -0.228 e. The van der Waals surface area contributed by atoms with E-state index in [0.29, 0.717) is 17.6 Å². The van der Waals surface area contributed by atoms with Crippen molar-refractivity contribution in [2.75, 3.05) is 0 Å². The van der Waals surface area contributed by atoms with Gasteiger partial charge in [-0.15, -0.1) is 0 Å². The van der Waals surface area contributed by atoms with Crippen molar-refractivity contribution in [3.8, 4) is 56.5 Å². The van der Waals surface area contributed by atoms with Gasteiger partial charge in [-0.3, -0.25) is 0 Å². The normalized spacial score (nSPS) is 19.3. The van der Waals surface area contributed by atoms with E-state index in [1.165, 1.54) is 37.7 Å². The zero-order chi connectivity index (χ0) is 36.8. The van der Waals surface area contributed by atoms with Crippen LogP contribution in [0.2, 0.25) is 0 Å². The molecular weight excluding hydrogens is 669 g/mol. The molecule has 5 aromatic carbocycles. The second-order valence-electron chi connectivity index (χ2n) is 15.4. The number of hydrogen-bond donors (Lipinski definition) is 0. The molecule has 1 spiro atoms. The van der Waals surface area contributed by atoms with Gasteiger partial charge in [-0.1, -0.05) is 172 Å². The van der Waals surface area contributed by atoms with Crippen molar-refractivity contribution in [2.45, 2.75) is 49.9 Å². The van der Waals surface area contributed by atoms with E-state index >= 15 is 0 Å². The molecule has 3 aliphatic carbocycles. The molecule has 2 aromatic heterocycles. The molecular formula is C51H40N4. The molecule has 10 rings (SSSR count). The minimum atomic E-state index is -0.121. The third-order valence-electron chi connectivity index (χ3n) is 12.1. The number of allylic oxidation sites excluding steroid dienone is 4. The highest BCUT2D eigenvalue weighted by atomic mass is 14.9. The van der Waals surface area contributed by atoms with Crippen molar-refractivity contribution in [3.63, 3.8) is 0 Å². The molecule has 2 heterocycles. The average Bonchev–Trinajstić information content (AvgIpc) is 3.47. The molecule has 0 N–H and O–H groups in total. The van der Waals surface area contributed by atoms with Gasteiger partial charge in [-0.2, -0.15) is 0 Å². The monoisotopic (exact) mass is 708 g/mol. The van der Waals surface area contributed by atoms with E-state index in [-0.39, 0.29) is 10.8 Å². The lowest BCUT2D eigenvalue weighted by Gasteiger charge is -2.44. The van der Waals surface area contributed by atoms with E-state index in [0.717, 1.165) is 56.2 Å². The van der Waals surface area contributed by atoms with Crippen LogP contribution < -0.4 is 0 Å². The minimum absolute atomic E-state index is 0.121.